The van der Waals surface area contributed by atoms with Crippen molar-refractivity contribution in [2.75, 3.05) is 0 Å². The molecule has 0 amide bonds. The molecule has 2 atom stereocenters. The van der Waals surface area contributed by atoms with E-state index in [4.69, 9.17) is 0 Å². The zero-order valence-corrected chi connectivity index (χ0v) is 16.3. The summed E-state index contributed by atoms with van der Waals surface area (Å²) in [6, 6.07) is 0. The summed E-state index contributed by atoms with van der Waals surface area (Å²) in [7, 11) is 0. The van der Waals surface area contributed by atoms with Crippen molar-refractivity contribution in [3.05, 3.63) is 6.42 Å². The molecule has 0 heterocycles. The Morgan fingerprint density at radius 2 is 0.864 bits per heavy atom. The van der Waals surface area contributed by atoms with Crippen LogP contribution in [0.5, 0.6) is 0 Å². The van der Waals surface area contributed by atoms with E-state index in [-0.39, 0.29) is 0 Å². The predicted molar refractivity (Wildman–Crippen MR) is 103 cm³/mol. The molecule has 0 heteroatoms. The number of unbranched alkanes of at least 4 members (excludes halogenated alkanes) is 9. The van der Waals surface area contributed by atoms with Gasteiger partial charge in [-0.3, -0.25) is 0 Å². The molecule has 0 aliphatic heterocycles. The quantitative estimate of drug-likeness (QED) is 0.237. The lowest BCUT2D eigenvalue weighted by Gasteiger charge is -2.21. The summed E-state index contributed by atoms with van der Waals surface area (Å²) in [5.41, 5.74) is 0. The highest BCUT2D eigenvalue weighted by molar-refractivity contribution is 4.82. The van der Waals surface area contributed by atoms with Gasteiger partial charge in [0, 0.05) is 0 Å². The SMILES string of the molecule is CCCCCCCCC([CH]C(CC)CCCCCCC)CC. The van der Waals surface area contributed by atoms with Crippen molar-refractivity contribution in [2.45, 2.75) is 124 Å². The summed E-state index contributed by atoms with van der Waals surface area (Å²) in [6.07, 6.45) is 24.0. The van der Waals surface area contributed by atoms with Crippen LogP contribution in [0.15, 0.2) is 0 Å². The zero-order chi connectivity index (χ0) is 16.5. The van der Waals surface area contributed by atoms with Crippen LogP contribution in [0.3, 0.4) is 0 Å². The van der Waals surface area contributed by atoms with Gasteiger partial charge in [-0.05, 0) is 18.3 Å². The second kappa shape index (κ2) is 17.4. The third-order valence-electron chi connectivity index (χ3n) is 5.20. The van der Waals surface area contributed by atoms with Crippen LogP contribution in [0.25, 0.3) is 0 Å². The van der Waals surface area contributed by atoms with Gasteiger partial charge in [-0.2, -0.15) is 0 Å². The maximum absolute atomic E-state index is 2.73. The van der Waals surface area contributed by atoms with Crippen LogP contribution in [0.1, 0.15) is 124 Å². The van der Waals surface area contributed by atoms with Gasteiger partial charge in [0.25, 0.3) is 0 Å². The first-order chi connectivity index (χ1) is 10.8. The van der Waals surface area contributed by atoms with Gasteiger partial charge in [-0.25, -0.2) is 0 Å². The van der Waals surface area contributed by atoms with E-state index in [0.29, 0.717) is 0 Å². The Labute approximate surface area is 142 Å². The molecule has 0 saturated heterocycles. The van der Waals surface area contributed by atoms with Crippen molar-refractivity contribution in [2.24, 2.45) is 11.8 Å². The molecule has 0 N–H and O–H groups in total. The molecule has 0 bridgehead atoms. The molecular weight excluding hydrogens is 264 g/mol. The van der Waals surface area contributed by atoms with Gasteiger partial charge in [0.05, 0.1) is 0 Å². The third kappa shape index (κ3) is 13.6. The Balaban J connectivity index is 3.71. The van der Waals surface area contributed by atoms with E-state index in [1.165, 1.54) is 96.3 Å². The van der Waals surface area contributed by atoms with E-state index < -0.39 is 0 Å². The summed E-state index contributed by atoms with van der Waals surface area (Å²) < 4.78 is 0. The van der Waals surface area contributed by atoms with E-state index in [0.717, 1.165) is 11.8 Å². The Kier molecular flexibility index (Phi) is 17.4. The van der Waals surface area contributed by atoms with Crippen LogP contribution in [0.2, 0.25) is 0 Å². The highest BCUT2D eigenvalue weighted by Crippen LogP contribution is 2.26. The zero-order valence-electron chi connectivity index (χ0n) is 16.3. The van der Waals surface area contributed by atoms with Gasteiger partial charge in [-0.15, -0.1) is 0 Å². The summed E-state index contributed by atoms with van der Waals surface area (Å²) in [5, 5.41) is 0. The smallest absolute Gasteiger partial charge is 0.0324 e. The number of hydrogen-bond acceptors (Lipinski definition) is 0. The third-order valence-corrected chi connectivity index (χ3v) is 5.20. The minimum atomic E-state index is 0.881. The van der Waals surface area contributed by atoms with E-state index in [1.807, 2.05) is 0 Å². The van der Waals surface area contributed by atoms with Gasteiger partial charge in [0.15, 0.2) is 0 Å². The normalized spacial score (nSPS) is 14.2. The van der Waals surface area contributed by atoms with Crippen LogP contribution in [-0.2, 0) is 0 Å². The molecule has 0 aromatic rings. The van der Waals surface area contributed by atoms with Crippen LogP contribution in [0.4, 0.5) is 0 Å². The van der Waals surface area contributed by atoms with Gasteiger partial charge >= 0.3 is 0 Å². The molecule has 0 spiro atoms. The van der Waals surface area contributed by atoms with E-state index in [2.05, 4.69) is 34.1 Å². The fourth-order valence-electron chi connectivity index (χ4n) is 3.45. The maximum Gasteiger partial charge on any atom is -0.0324 e. The average Bonchev–Trinajstić information content (AvgIpc) is 2.55. The lowest BCUT2D eigenvalue weighted by Crippen LogP contribution is -2.09. The number of hydrogen-bond donors (Lipinski definition) is 0. The van der Waals surface area contributed by atoms with Crippen molar-refractivity contribution in [1.82, 2.24) is 0 Å². The van der Waals surface area contributed by atoms with Gasteiger partial charge < -0.3 is 0 Å². The Bertz CT molecular complexity index is 196. The molecule has 0 aliphatic carbocycles. The minimum absolute atomic E-state index is 0.881. The molecule has 0 aromatic heterocycles. The summed E-state index contributed by atoms with van der Waals surface area (Å²) in [4.78, 5) is 0. The van der Waals surface area contributed by atoms with Crippen LogP contribution < -0.4 is 0 Å². The first kappa shape index (κ1) is 22.0. The molecule has 0 saturated carbocycles. The summed E-state index contributed by atoms with van der Waals surface area (Å²) in [6.45, 7) is 9.36. The topological polar surface area (TPSA) is 0 Å². The van der Waals surface area contributed by atoms with E-state index in [1.54, 1.807) is 0 Å². The highest BCUT2D eigenvalue weighted by atomic mass is 14.2. The maximum atomic E-state index is 2.73. The number of rotatable bonds is 17. The summed E-state index contributed by atoms with van der Waals surface area (Å²) in [5.74, 6) is 1.76. The molecule has 0 aromatic carbocycles. The molecule has 0 nitrogen and oxygen atoms in total. The van der Waals surface area contributed by atoms with Crippen molar-refractivity contribution in [3.8, 4) is 0 Å². The largest absolute Gasteiger partial charge is 0.0654 e. The lowest BCUT2D eigenvalue weighted by atomic mass is 9.84. The van der Waals surface area contributed by atoms with Crippen molar-refractivity contribution in [3.63, 3.8) is 0 Å². The van der Waals surface area contributed by atoms with E-state index in [9.17, 15) is 0 Å². The van der Waals surface area contributed by atoms with Crippen molar-refractivity contribution >= 4 is 0 Å². The molecule has 1 radical (unpaired) electrons. The molecular formula is C22H45. The summed E-state index contributed by atoms with van der Waals surface area (Å²) >= 11 is 0. The predicted octanol–water partition coefficient (Wildman–Crippen LogP) is 8.35. The second-order valence-electron chi connectivity index (χ2n) is 7.29. The van der Waals surface area contributed by atoms with Crippen molar-refractivity contribution < 1.29 is 0 Å². The van der Waals surface area contributed by atoms with Gasteiger partial charge in [0.2, 0.25) is 0 Å². The van der Waals surface area contributed by atoms with Crippen LogP contribution in [-0.4, -0.2) is 0 Å². The molecule has 0 fully saturated rings. The van der Waals surface area contributed by atoms with Crippen molar-refractivity contribution in [1.29, 1.82) is 0 Å². The van der Waals surface area contributed by atoms with Gasteiger partial charge in [0.1, 0.15) is 0 Å². The Hall–Kier alpha value is 0. The standard InChI is InChI=1S/C22H45/c1-5-9-11-13-15-17-19-22(8-4)20-21(7-3)18-16-14-12-10-6-2/h20-22H,5-19H2,1-4H3. The van der Waals surface area contributed by atoms with E-state index >= 15 is 0 Å². The monoisotopic (exact) mass is 309 g/mol. The van der Waals surface area contributed by atoms with Crippen LogP contribution >= 0.6 is 0 Å². The highest BCUT2D eigenvalue weighted by Gasteiger charge is 2.14. The molecule has 0 rings (SSSR count). The van der Waals surface area contributed by atoms with Gasteiger partial charge in [-0.1, -0.05) is 124 Å². The fourth-order valence-corrected chi connectivity index (χ4v) is 3.45. The minimum Gasteiger partial charge on any atom is -0.0654 e. The fraction of sp³-hybridized carbons (Fsp3) is 0.955. The Morgan fingerprint density at radius 3 is 1.23 bits per heavy atom. The average molecular weight is 310 g/mol. The Morgan fingerprint density at radius 1 is 0.500 bits per heavy atom. The molecule has 22 heavy (non-hydrogen) atoms. The molecule has 2 unspecified atom stereocenters. The lowest BCUT2D eigenvalue weighted by molar-refractivity contribution is 0.398. The van der Waals surface area contributed by atoms with Crippen LogP contribution in [0, 0.1) is 18.3 Å². The first-order valence-corrected chi connectivity index (χ1v) is 10.6. The first-order valence-electron chi connectivity index (χ1n) is 10.6. The second-order valence-corrected chi connectivity index (χ2v) is 7.29. The molecule has 0 aliphatic rings. The molecule has 133 valence electrons.